The van der Waals surface area contributed by atoms with E-state index in [2.05, 4.69) is 37.1 Å². The van der Waals surface area contributed by atoms with Crippen molar-refractivity contribution in [3.63, 3.8) is 0 Å². The fourth-order valence-corrected chi connectivity index (χ4v) is 3.70. The predicted octanol–water partition coefficient (Wildman–Crippen LogP) is 4.27. The van der Waals surface area contributed by atoms with E-state index >= 15 is 0 Å². The summed E-state index contributed by atoms with van der Waals surface area (Å²) in [7, 11) is 0. The Morgan fingerprint density at radius 3 is 2.75 bits per heavy atom. The van der Waals surface area contributed by atoms with E-state index in [9.17, 15) is 4.79 Å². The van der Waals surface area contributed by atoms with Gasteiger partial charge in [-0.2, -0.15) is 0 Å². The predicted molar refractivity (Wildman–Crippen MR) is 108 cm³/mol. The van der Waals surface area contributed by atoms with Crippen LogP contribution >= 0.6 is 0 Å². The highest BCUT2D eigenvalue weighted by Gasteiger charge is 2.34. The minimum atomic E-state index is -0.325. The topological polar surface area (TPSA) is 56.2 Å². The summed E-state index contributed by atoms with van der Waals surface area (Å²) < 4.78 is 8.10. The zero-order valence-electron chi connectivity index (χ0n) is 16.5. The monoisotopic (exact) mass is 375 g/mol. The quantitative estimate of drug-likeness (QED) is 0.741. The van der Waals surface area contributed by atoms with Gasteiger partial charge >= 0.3 is 0 Å². The first-order valence-corrected chi connectivity index (χ1v) is 9.55. The molecule has 3 aromatic rings. The summed E-state index contributed by atoms with van der Waals surface area (Å²) in [6.07, 6.45) is 6.20. The average molecular weight is 375 g/mol. The first-order chi connectivity index (χ1) is 13.4. The van der Waals surface area contributed by atoms with Crippen molar-refractivity contribution in [2.45, 2.75) is 45.4 Å². The van der Waals surface area contributed by atoms with Gasteiger partial charge in [0.2, 0.25) is 0 Å². The summed E-state index contributed by atoms with van der Waals surface area (Å²) in [5.74, 6) is 0.784. The smallest absolute Gasteiger partial charge is 0.251 e. The standard InChI is InChI=1S/C23H25N3O2/c1-16-4-9-21-19(12-16)20(13-23(2,3)28-21)25-22(27)18-7-5-17(6-8-18)14-26-11-10-24-15-26/h4-12,15,20H,13-14H2,1-3H3,(H,25,27). The minimum absolute atomic E-state index is 0.0654. The summed E-state index contributed by atoms with van der Waals surface area (Å²) in [6.45, 7) is 6.90. The Kier molecular flexibility index (Phi) is 4.67. The number of aryl methyl sites for hydroxylation is 1. The van der Waals surface area contributed by atoms with E-state index in [1.54, 1.807) is 12.5 Å². The van der Waals surface area contributed by atoms with Crippen molar-refractivity contribution in [2.24, 2.45) is 0 Å². The van der Waals surface area contributed by atoms with Gasteiger partial charge in [-0.1, -0.05) is 29.8 Å². The number of carbonyl (C=O) groups is 1. The van der Waals surface area contributed by atoms with Crippen LogP contribution in [-0.4, -0.2) is 21.1 Å². The molecule has 144 valence electrons. The lowest BCUT2D eigenvalue weighted by Gasteiger charge is -2.38. The van der Waals surface area contributed by atoms with Crippen molar-refractivity contribution >= 4 is 5.91 Å². The Bertz CT molecular complexity index is 976. The van der Waals surface area contributed by atoms with E-state index in [1.807, 2.05) is 47.2 Å². The highest BCUT2D eigenvalue weighted by atomic mass is 16.5. The van der Waals surface area contributed by atoms with Crippen LogP contribution < -0.4 is 10.1 Å². The molecule has 0 saturated heterocycles. The van der Waals surface area contributed by atoms with Crippen LogP contribution in [0.4, 0.5) is 0 Å². The fraction of sp³-hybridized carbons (Fsp3) is 0.304. The molecule has 0 bridgehead atoms. The van der Waals surface area contributed by atoms with Gasteiger partial charge in [0.1, 0.15) is 11.4 Å². The second-order valence-corrected chi connectivity index (χ2v) is 8.07. The zero-order valence-corrected chi connectivity index (χ0v) is 16.5. The van der Waals surface area contributed by atoms with Gasteiger partial charge in [-0.05, 0) is 44.5 Å². The molecular formula is C23H25N3O2. The molecule has 5 heteroatoms. The summed E-state index contributed by atoms with van der Waals surface area (Å²) in [4.78, 5) is 16.9. The van der Waals surface area contributed by atoms with Crippen molar-refractivity contribution < 1.29 is 9.53 Å². The molecule has 1 aromatic heterocycles. The van der Waals surface area contributed by atoms with Gasteiger partial charge in [0, 0.05) is 36.5 Å². The maximum absolute atomic E-state index is 12.9. The second-order valence-electron chi connectivity index (χ2n) is 8.07. The van der Waals surface area contributed by atoms with Crippen molar-refractivity contribution in [3.8, 4) is 5.75 Å². The van der Waals surface area contributed by atoms with Gasteiger partial charge in [0.05, 0.1) is 12.4 Å². The molecule has 0 aliphatic carbocycles. The van der Waals surface area contributed by atoms with Crippen LogP contribution in [0.2, 0.25) is 0 Å². The molecule has 0 radical (unpaired) electrons. The van der Waals surface area contributed by atoms with Crippen LogP contribution in [-0.2, 0) is 6.54 Å². The third-order valence-corrected chi connectivity index (χ3v) is 5.07. The Balaban J connectivity index is 1.51. The number of hydrogen-bond donors (Lipinski definition) is 1. The van der Waals surface area contributed by atoms with Gasteiger partial charge in [0.25, 0.3) is 5.91 Å². The molecule has 1 aliphatic rings. The Labute approximate surface area is 165 Å². The molecule has 2 heterocycles. The molecule has 0 spiro atoms. The largest absolute Gasteiger partial charge is 0.487 e. The number of aromatic nitrogens is 2. The molecular weight excluding hydrogens is 350 g/mol. The number of rotatable bonds is 4. The minimum Gasteiger partial charge on any atom is -0.487 e. The number of benzene rings is 2. The maximum Gasteiger partial charge on any atom is 0.251 e. The van der Waals surface area contributed by atoms with Gasteiger partial charge in [0.15, 0.2) is 0 Å². The van der Waals surface area contributed by atoms with Crippen LogP contribution in [0.15, 0.2) is 61.2 Å². The third-order valence-electron chi connectivity index (χ3n) is 5.07. The van der Waals surface area contributed by atoms with E-state index in [-0.39, 0.29) is 17.6 Å². The number of ether oxygens (including phenoxy) is 1. The van der Waals surface area contributed by atoms with Crippen LogP contribution in [0.3, 0.4) is 0 Å². The van der Waals surface area contributed by atoms with Gasteiger partial charge in [-0.15, -0.1) is 0 Å². The van der Waals surface area contributed by atoms with Crippen molar-refractivity contribution in [3.05, 3.63) is 83.4 Å². The summed E-state index contributed by atoms with van der Waals surface area (Å²) in [5, 5.41) is 3.21. The number of amides is 1. The van der Waals surface area contributed by atoms with Gasteiger partial charge in [-0.3, -0.25) is 4.79 Å². The SMILES string of the molecule is Cc1ccc2c(c1)C(NC(=O)c1ccc(Cn3ccnc3)cc1)CC(C)(C)O2. The maximum atomic E-state index is 12.9. The van der Waals surface area contributed by atoms with Crippen LogP contribution in [0.5, 0.6) is 5.75 Å². The first kappa shape index (κ1) is 18.3. The van der Waals surface area contributed by atoms with E-state index < -0.39 is 0 Å². The number of nitrogens with one attached hydrogen (secondary N) is 1. The molecule has 1 amide bonds. The number of carbonyl (C=O) groups excluding carboxylic acids is 1. The number of nitrogens with zero attached hydrogens (tertiary/aromatic N) is 2. The number of imidazole rings is 1. The lowest BCUT2D eigenvalue weighted by Crippen LogP contribution is -2.41. The van der Waals surface area contributed by atoms with Crippen LogP contribution in [0.1, 0.15) is 53.4 Å². The number of hydrogen-bond acceptors (Lipinski definition) is 3. The molecule has 28 heavy (non-hydrogen) atoms. The van der Waals surface area contributed by atoms with Gasteiger partial charge in [-0.25, -0.2) is 4.98 Å². The Morgan fingerprint density at radius 2 is 2.04 bits per heavy atom. The normalized spacial score (nSPS) is 17.5. The third kappa shape index (κ3) is 3.93. The Morgan fingerprint density at radius 1 is 1.25 bits per heavy atom. The molecule has 2 aromatic carbocycles. The van der Waals surface area contributed by atoms with Crippen molar-refractivity contribution in [2.75, 3.05) is 0 Å². The van der Waals surface area contributed by atoms with E-state index in [1.165, 1.54) is 0 Å². The highest BCUT2D eigenvalue weighted by molar-refractivity contribution is 5.94. The van der Waals surface area contributed by atoms with E-state index in [0.29, 0.717) is 5.56 Å². The van der Waals surface area contributed by atoms with Gasteiger partial charge < -0.3 is 14.6 Å². The molecule has 1 aliphatic heterocycles. The summed E-state index contributed by atoms with van der Waals surface area (Å²) in [5.41, 5.74) is 3.67. The zero-order chi connectivity index (χ0) is 19.7. The van der Waals surface area contributed by atoms with Crippen LogP contribution in [0.25, 0.3) is 0 Å². The number of fused-ring (bicyclic) bond motifs is 1. The molecule has 1 atom stereocenters. The average Bonchev–Trinajstić information content (AvgIpc) is 3.15. The van der Waals surface area contributed by atoms with Crippen molar-refractivity contribution in [1.29, 1.82) is 0 Å². The molecule has 4 rings (SSSR count). The van der Waals surface area contributed by atoms with Crippen LogP contribution in [0, 0.1) is 6.92 Å². The molecule has 1 unspecified atom stereocenters. The molecule has 1 N–H and O–H groups in total. The van der Waals surface area contributed by atoms with Crippen molar-refractivity contribution in [1.82, 2.24) is 14.9 Å². The molecule has 0 saturated carbocycles. The molecule has 5 nitrogen and oxygen atoms in total. The highest BCUT2D eigenvalue weighted by Crippen LogP contribution is 2.40. The molecule has 0 fully saturated rings. The van der Waals surface area contributed by atoms with E-state index in [0.717, 1.165) is 35.4 Å². The lowest BCUT2D eigenvalue weighted by molar-refractivity contribution is 0.0619. The summed E-state index contributed by atoms with van der Waals surface area (Å²) in [6, 6.07) is 13.8. The second kappa shape index (κ2) is 7.15. The first-order valence-electron chi connectivity index (χ1n) is 9.55. The fourth-order valence-electron chi connectivity index (χ4n) is 3.70. The Hall–Kier alpha value is -3.08. The van der Waals surface area contributed by atoms with E-state index in [4.69, 9.17) is 4.74 Å². The summed E-state index contributed by atoms with van der Waals surface area (Å²) >= 11 is 0. The lowest BCUT2D eigenvalue weighted by atomic mass is 9.88.